The van der Waals surface area contributed by atoms with Crippen molar-refractivity contribution in [1.82, 2.24) is 16.0 Å². The zero-order chi connectivity index (χ0) is 22.1. The maximum Gasteiger partial charge on any atom is 0.329 e. The first-order valence-corrected chi connectivity index (χ1v) is 10.4. The maximum atomic E-state index is 12.4. The summed E-state index contributed by atoms with van der Waals surface area (Å²) in [7, 11) is 0. The molecule has 3 N–H and O–H groups in total. The van der Waals surface area contributed by atoms with Crippen molar-refractivity contribution in [3.63, 3.8) is 0 Å². The van der Waals surface area contributed by atoms with Crippen LogP contribution in [-0.2, 0) is 14.3 Å². The number of nitrogens with one attached hydrogen (secondary N) is 3. The van der Waals surface area contributed by atoms with E-state index >= 15 is 0 Å². The zero-order valence-electron chi connectivity index (χ0n) is 17.8. The molecule has 8 nitrogen and oxygen atoms in total. The number of urea groups is 1. The van der Waals surface area contributed by atoms with Gasteiger partial charge >= 0.3 is 12.0 Å². The summed E-state index contributed by atoms with van der Waals surface area (Å²) in [5, 5.41) is 7.62. The molecule has 4 amide bonds. The number of rotatable bonds is 7. The van der Waals surface area contributed by atoms with Gasteiger partial charge in [0.25, 0.3) is 11.8 Å². The van der Waals surface area contributed by atoms with Crippen LogP contribution < -0.4 is 16.0 Å². The van der Waals surface area contributed by atoms with Gasteiger partial charge in [-0.25, -0.2) is 9.59 Å². The topological polar surface area (TPSA) is 114 Å². The highest BCUT2D eigenvalue weighted by atomic mass is 16.5. The number of esters is 1. The molecular formula is C22H31N3O5. The molecule has 1 aliphatic carbocycles. The van der Waals surface area contributed by atoms with E-state index in [-0.39, 0.29) is 12.0 Å². The third-order valence-corrected chi connectivity index (χ3v) is 5.27. The van der Waals surface area contributed by atoms with E-state index < -0.39 is 36.5 Å². The van der Waals surface area contributed by atoms with Crippen LogP contribution in [0.5, 0.6) is 0 Å². The van der Waals surface area contributed by atoms with Crippen LogP contribution >= 0.6 is 0 Å². The van der Waals surface area contributed by atoms with Crippen molar-refractivity contribution in [1.29, 1.82) is 0 Å². The summed E-state index contributed by atoms with van der Waals surface area (Å²) in [6.07, 6.45) is 4.12. The lowest BCUT2D eigenvalue weighted by molar-refractivity contribution is -0.151. The van der Waals surface area contributed by atoms with Gasteiger partial charge < -0.3 is 15.4 Å². The normalized spacial score (nSPS) is 19.5. The molecule has 8 heteroatoms. The fourth-order valence-corrected chi connectivity index (χ4v) is 3.44. The monoisotopic (exact) mass is 417 g/mol. The molecule has 1 aromatic rings. The number of amides is 4. The number of carbonyl (C=O) groups excluding carboxylic acids is 4. The van der Waals surface area contributed by atoms with Crippen LogP contribution in [0, 0.1) is 11.8 Å². The number of ether oxygens (including phenoxy) is 1. The van der Waals surface area contributed by atoms with Gasteiger partial charge in [0.2, 0.25) is 0 Å². The van der Waals surface area contributed by atoms with Gasteiger partial charge in [-0.3, -0.25) is 14.9 Å². The second-order valence-corrected chi connectivity index (χ2v) is 8.06. The van der Waals surface area contributed by atoms with E-state index in [1.807, 2.05) is 0 Å². The van der Waals surface area contributed by atoms with Crippen molar-refractivity contribution in [3.05, 3.63) is 35.9 Å². The fourth-order valence-electron chi connectivity index (χ4n) is 3.44. The molecule has 0 heterocycles. The van der Waals surface area contributed by atoms with Crippen molar-refractivity contribution in [2.24, 2.45) is 11.8 Å². The first-order valence-electron chi connectivity index (χ1n) is 10.4. The van der Waals surface area contributed by atoms with Crippen molar-refractivity contribution in [2.75, 3.05) is 6.61 Å². The van der Waals surface area contributed by atoms with E-state index in [0.717, 1.165) is 25.7 Å². The quantitative estimate of drug-likeness (QED) is 0.590. The number of carbonyl (C=O) groups is 4. The first-order chi connectivity index (χ1) is 14.3. The van der Waals surface area contributed by atoms with E-state index in [4.69, 9.17) is 4.74 Å². The van der Waals surface area contributed by atoms with Crippen LogP contribution in [-0.4, -0.2) is 42.5 Å². The Hall–Kier alpha value is -2.90. The van der Waals surface area contributed by atoms with Crippen LogP contribution in [0.1, 0.15) is 56.8 Å². The van der Waals surface area contributed by atoms with Crippen molar-refractivity contribution < 1.29 is 23.9 Å². The van der Waals surface area contributed by atoms with Crippen LogP contribution in [0.15, 0.2) is 30.3 Å². The Bertz CT molecular complexity index is 750. The predicted molar refractivity (Wildman–Crippen MR) is 112 cm³/mol. The van der Waals surface area contributed by atoms with Crippen molar-refractivity contribution in [2.45, 2.75) is 58.5 Å². The number of imide groups is 1. The Kier molecular flexibility index (Phi) is 8.83. The summed E-state index contributed by atoms with van der Waals surface area (Å²) < 4.78 is 5.03. The molecule has 2 rings (SSSR count). The summed E-state index contributed by atoms with van der Waals surface area (Å²) in [5.74, 6) is -1.75. The number of benzene rings is 1. The van der Waals surface area contributed by atoms with E-state index in [0.29, 0.717) is 11.5 Å². The standard InChI is InChI=1S/C22H31N3O5/c1-14(2)19(25-20(27)16-10-5-4-6-11-16)21(28)30-13-18(26)24-22(29)23-17-12-8-7-9-15(17)3/h4-6,10-11,14-15,17,19H,7-9,12-13H2,1-3H3,(H,25,27)(H2,23,24,26,29). The molecule has 3 unspecified atom stereocenters. The summed E-state index contributed by atoms with van der Waals surface area (Å²) in [5.41, 5.74) is 0.419. The Balaban J connectivity index is 1.80. The van der Waals surface area contributed by atoms with Crippen molar-refractivity contribution >= 4 is 23.8 Å². The van der Waals surface area contributed by atoms with Crippen molar-refractivity contribution in [3.8, 4) is 0 Å². The lowest BCUT2D eigenvalue weighted by Crippen LogP contribution is -2.49. The summed E-state index contributed by atoms with van der Waals surface area (Å²) in [6, 6.07) is 7.04. The number of hydrogen-bond donors (Lipinski definition) is 3. The molecule has 0 bridgehead atoms. The molecule has 3 atom stereocenters. The highest BCUT2D eigenvalue weighted by molar-refractivity contribution is 5.98. The molecule has 30 heavy (non-hydrogen) atoms. The van der Waals surface area contributed by atoms with Crippen LogP contribution in [0.2, 0.25) is 0 Å². The Morgan fingerprint density at radius 2 is 1.73 bits per heavy atom. The highest BCUT2D eigenvalue weighted by Crippen LogP contribution is 2.23. The molecule has 1 saturated carbocycles. The second kappa shape index (κ2) is 11.3. The van der Waals surface area contributed by atoms with E-state index in [1.54, 1.807) is 44.2 Å². The Morgan fingerprint density at radius 3 is 2.37 bits per heavy atom. The summed E-state index contributed by atoms with van der Waals surface area (Å²) in [6.45, 7) is 4.99. The van der Waals surface area contributed by atoms with E-state index in [1.165, 1.54) is 0 Å². The van der Waals surface area contributed by atoms with Gasteiger partial charge in [0.15, 0.2) is 6.61 Å². The largest absolute Gasteiger partial charge is 0.454 e. The minimum atomic E-state index is -0.914. The van der Waals surface area contributed by atoms with Crippen LogP contribution in [0.4, 0.5) is 4.79 Å². The molecule has 1 aliphatic rings. The molecule has 0 aliphatic heterocycles. The van der Waals surface area contributed by atoms with Gasteiger partial charge in [-0.1, -0.05) is 51.8 Å². The van der Waals surface area contributed by atoms with E-state index in [2.05, 4.69) is 22.9 Å². The smallest absolute Gasteiger partial charge is 0.329 e. The first kappa shape index (κ1) is 23.4. The Labute approximate surface area is 177 Å². The third kappa shape index (κ3) is 7.17. The Morgan fingerprint density at radius 1 is 1.07 bits per heavy atom. The third-order valence-electron chi connectivity index (χ3n) is 5.27. The zero-order valence-corrected chi connectivity index (χ0v) is 17.8. The predicted octanol–water partition coefficient (Wildman–Crippen LogP) is 2.39. The summed E-state index contributed by atoms with van der Waals surface area (Å²) >= 11 is 0. The maximum absolute atomic E-state index is 12.4. The lowest BCUT2D eigenvalue weighted by atomic mass is 9.86. The molecule has 0 saturated heterocycles. The van der Waals surface area contributed by atoms with Gasteiger partial charge in [-0.05, 0) is 36.8 Å². The molecule has 1 fully saturated rings. The molecule has 0 aromatic heterocycles. The fraction of sp³-hybridized carbons (Fsp3) is 0.545. The molecule has 0 radical (unpaired) electrons. The average molecular weight is 418 g/mol. The molecule has 0 spiro atoms. The lowest BCUT2D eigenvalue weighted by Gasteiger charge is -2.29. The van der Waals surface area contributed by atoms with Gasteiger partial charge in [0, 0.05) is 11.6 Å². The molecule has 164 valence electrons. The average Bonchev–Trinajstić information content (AvgIpc) is 2.72. The van der Waals surface area contributed by atoms with Crippen LogP contribution in [0.3, 0.4) is 0 Å². The molecular weight excluding hydrogens is 386 g/mol. The van der Waals surface area contributed by atoms with Gasteiger partial charge in [-0.15, -0.1) is 0 Å². The van der Waals surface area contributed by atoms with Gasteiger partial charge in [-0.2, -0.15) is 0 Å². The number of hydrogen-bond acceptors (Lipinski definition) is 5. The second-order valence-electron chi connectivity index (χ2n) is 8.06. The van der Waals surface area contributed by atoms with Gasteiger partial charge in [0.05, 0.1) is 0 Å². The summed E-state index contributed by atoms with van der Waals surface area (Å²) in [4.78, 5) is 48.7. The highest BCUT2D eigenvalue weighted by Gasteiger charge is 2.27. The van der Waals surface area contributed by atoms with Gasteiger partial charge in [0.1, 0.15) is 6.04 Å². The minimum Gasteiger partial charge on any atom is -0.454 e. The minimum absolute atomic E-state index is 0.0348. The van der Waals surface area contributed by atoms with Crippen LogP contribution in [0.25, 0.3) is 0 Å². The molecule has 1 aromatic carbocycles. The SMILES string of the molecule is CC(C)C(NC(=O)c1ccccc1)C(=O)OCC(=O)NC(=O)NC1CCCCC1C. The van der Waals surface area contributed by atoms with E-state index in [9.17, 15) is 19.2 Å².